The van der Waals surface area contributed by atoms with Crippen molar-refractivity contribution in [2.45, 2.75) is 19.8 Å². The van der Waals surface area contributed by atoms with Gasteiger partial charge in [-0.05, 0) is 13.0 Å². The monoisotopic (exact) mass is 263 g/mol. The van der Waals surface area contributed by atoms with Gasteiger partial charge in [0.25, 0.3) is 0 Å². The van der Waals surface area contributed by atoms with E-state index in [2.05, 4.69) is 16.8 Å². The van der Waals surface area contributed by atoms with Crippen molar-refractivity contribution in [3.63, 3.8) is 0 Å². The number of rotatable bonds is 0. The van der Waals surface area contributed by atoms with Crippen molar-refractivity contribution >= 4 is 34.0 Å². The number of nitrogens with zero attached hydrogens (tertiary/aromatic N) is 1. The molecule has 0 fully saturated rings. The van der Waals surface area contributed by atoms with Crippen LogP contribution in [0, 0.1) is 18.8 Å². The molecule has 1 heterocycles. The van der Waals surface area contributed by atoms with Crippen LogP contribution in [-0.2, 0) is 0 Å². The number of hydrogen-bond acceptors (Lipinski definition) is 1. The molecule has 0 saturated heterocycles. The van der Waals surface area contributed by atoms with Crippen molar-refractivity contribution in [1.29, 1.82) is 0 Å². The molecule has 1 aromatic heterocycles. The van der Waals surface area contributed by atoms with Crippen LogP contribution >= 0.6 is 23.2 Å². The van der Waals surface area contributed by atoms with Crippen LogP contribution in [0.4, 0.5) is 0 Å². The topological polar surface area (TPSA) is 12.9 Å². The molecular formula is C14H11Cl2N. The molecular weight excluding hydrogens is 253 g/mol. The van der Waals surface area contributed by atoms with Crippen LogP contribution in [-0.4, -0.2) is 4.98 Å². The quantitative estimate of drug-likeness (QED) is 0.499. The maximum Gasteiger partial charge on any atom is 0.136 e. The summed E-state index contributed by atoms with van der Waals surface area (Å²) in [6.07, 6.45) is 3.85. The molecule has 17 heavy (non-hydrogen) atoms. The highest BCUT2D eigenvalue weighted by Gasteiger charge is 2.03. The van der Waals surface area contributed by atoms with Crippen LogP contribution in [0.1, 0.15) is 18.4 Å². The van der Waals surface area contributed by atoms with Crippen molar-refractivity contribution in [2.24, 2.45) is 0 Å². The lowest BCUT2D eigenvalue weighted by atomic mass is 10.1. The minimum absolute atomic E-state index is 0.503. The van der Waals surface area contributed by atoms with Crippen LogP contribution in [0.2, 0.25) is 10.2 Å². The lowest BCUT2D eigenvalue weighted by Crippen LogP contribution is -1.81. The Morgan fingerprint density at radius 3 is 2.35 bits per heavy atom. The Kier molecular flexibility index (Phi) is 3.89. The predicted molar refractivity (Wildman–Crippen MR) is 73.5 cm³/mol. The van der Waals surface area contributed by atoms with E-state index in [-0.39, 0.29) is 0 Å². The van der Waals surface area contributed by atoms with Gasteiger partial charge in [0.2, 0.25) is 0 Å². The molecule has 86 valence electrons. The van der Waals surface area contributed by atoms with Crippen molar-refractivity contribution < 1.29 is 0 Å². The zero-order valence-corrected chi connectivity index (χ0v) is 10.9. The Labute approximate surface area is 111 Å². The van der Waals surface area contributed by atoms with E-state index in [1.807, 2.05) is 25.1 Å². The van der Waals surface area contributed by atoms with Gasteiger partial charge in [0.05, 0.1) is 5.02 Å². The first-order valence-electron chi connectivity index (χ1n) is 5.34. The first-order chi connectivity index (χ1) is 8.18. The van der Waals surface area contributed by atoms with Crippen LogP contribution in [0.5, 0.6) is 0 Å². The lowest BCUT2D eigenvalue weighted by molar-refractivity contribution is 1.06. The van der Waals surface area contributed by atoms with Crippen LogP contribution < -0.4 is 0 Å². The molecule has 3 heteroatoms. The average molecular weight is 264 g/mol. The lowest BCUT2D eigenvalue weighted by Gasteiger charge is -2.02. The second kappa shape index (κ2) is 5.40. The van der Waals surface area contributed by atoms with Gasteiger partial charge in [0.1, 0.15) is 5.15 Å². The summed E-state index contributed by atoms with van der Waals surface area (Å²) in [5.41, 5.74) is 1.15. The number of aryl methyl sites for hydroxylation is 1. The molecule has 0 bridgehead atoms. The first kappa shape index (κ1) is 12.2. The second-order valence-electron chi connectivity index (χ2n) is 3.80. The number of halogens is 2. The summed E-state index contributed by atoms with van der Waals surface area (Å²) in [5.74, 6) is 5.72. The number of aromatic nitrogens is 1. The zero-order valence-electron chi connectivity index (χ0n) is 9.43. The zero-order chi connectivity index (χ0) is 12.3. The fourth-order valence-electron chi connectivity index (χ4n) is 1.41. The van der Waals surface area contributed by atoms with E-state index in [1.54, 1.807) is 6.20 Å². The van der Waals surface area contributed by atoms with Crippen molar-refractivity contribution in [3.8, 4) is 11.8 Å². The normalized spacial score (nSPS) is 11.9. The summed E-state index contributed by atoms with van der Waals surface area (Å²) in [4.78, 5) is 3.98. The van der Waals surface area contributed by atoms with E-state index in [4.69, 9.17) is 23.2 Å². The van der Waals surface area contributed by atoms with Crippen molar-refractivity contribution in [3.05, 3.63) is 40.1 Å². The fraction of sp³-hybridized carbons (Fsp3) is 0.214. The summed E-state index contributed by atoms with van der Waals surface area (Å²) >= 11 is 11.9. The summed E-state index contributed by atoms with van der Waals surface area (Å²) in [6.45, 7) is 2.01. The summed E-state index contributed by atoms with van der Waals surface area (Å²) in [5, 5.41) is 3.00. The molecule has 0 radical (unpaired) electrons. The Hall–Kier alpha value is -1.23. The van der Waals surface area contributed by atoms with Crippen LogP contribution in [0.3, 0.4) is 0 Å². The van der Waals surface area contributed by atoms with Gasteiger partial charge < -0.3 is 0 Å². The molecule has 3 rings (SSSR count). The molecule has 1 aliphatic rings. The van der Waals surface area contributed by atoms with Gasteiger partial charge in [-0.25, -0.2) is 4.98 Å². The van der Waals surface area contributed by atoms with E-state index in [1.165, 1.54) is 0 Å². The molecule has 0 saturated carbocycles. The molecule has 1 aromatic carbocycles. The molecule has 0 unspecified atom stereocenters. The number of pyridine rings is 1. The molecule has 0 N–H and O–H groups in total. The van der Waals surface area contributed by atoms with Gasteiger partial charge in [-0.3, -0.25) is 0 Å². The van der Waals surface area contributed by atoms with E-state index in [0.29, 0.717) is 10.2 Å². The highest BCUT2D eigenvalue weighted by atomic mass is 35.5. The highest BCUT2D eigenvalue weighted by Crippen LogP contribution is 2.28. The van der Waals surface area contributed by atoms with Gasteiger partial charge in [-0.1, -0.05) is 40.9 Å². The summed E-state index contributed by atoms with van der Waals surface area (Å²) < 4.78 is 0. The van der Waals surface area contributed by atoms with Gasteiger partial charge in [0.15, 0.2) is 0 Å². The van der Waals surface area contributed by atoms with Crippen LogP contribution in [0.25, 0.3) is 10.8 Å². The van der Waals surface area contributed by atoms with Gasteiger partial charge >= 0.3 is 0 Å². The van der Waals surface area contributed by atoms with Gasteiger partial charge in [0, 0.05) is 29.8 Å². The predicted octanol–water partition coefficient (Wildman–Crippen LogP) is 4.63. The Morgan fingerprint density at radius 1 is 1.12 bits per heavy atom. The Bertz CT molecular complexity index is 601. The third kappa shape index (κ3) is 2.91. The molecule has 0 atom stereocenters. The Balaban J connectivity index is 0.000000228. The molecule has 2 aromatic rings. The van der Waals surface area contributed by atoms with Crippen LogP contribution in [0.15, 0.2) is 24.4 Å². The molecule has 1 aliphatic carbocycles. The Morgan fingerprint density at radius 2 is 1.76 bits per heavy atom. The molecule has 0 spiro atoms. The minimum Gasteiger partial charge on any atom is -0.242 e. The fourth-order valence-corrected chi connectivity index (χ4v) is 1.83. The number of benzene rings is 1. The number of fused-ring (bicyclic) bond motifs is 1. The largest absolute Gasteiger partial charge is 0.242 e. The standard InChI is InChI=1S/C10H7Cl2N.C4H4/c1-6-2-3-7-8(4-6)10(12)13-5-9(7)11;1-2-4-3-1/h2-5H,1H3;1-2H2. The molecule has 0 amide bonds. The van der Waals surface area contributed by atoms with Crippen molar-refractivity contribution in [1.82, 2.24) is 4.98 Å². The van der Waals surface area contributed by atoms with Gasteiger partial charge in [-0.2, -0.15) is 0 Å². The highest BCUT2D eigenvalue weighted by molar-refractivity contribution is 6.39. The average Bonchev–Trinajstić information content (AvgIpc) is 2.21. The van der Waals surface area contributed by atoms with Gasteiger partial charge in [-0.15, -0.1) is 11.8 Å². The number of hydrogen-bond donors (Lipinski definition) is 0. The third-order valence-corrected chi connectivity index (χ3v) is 3.05. The van der Waals surface area contributed by atoms with Crippen molar-refractivity contribution in [2.75, 3.05) is 0 Å². The minimum atomic E-state index is 0.503. The smallest absolute Gasteiger partial charge is 0.136 e. The van der Waals surface area contributed by atoms with E-state index < -0.39 is 0 Å². The summed E-state index contributed by atoms with van der Waals surface area (Å²) in [7, 11) is 0. The maximum atomic E-state index is 5.96. The molecule has 1 nitrogen and oxygen atoms in total. The SMILES string of the molecule is C1#CCC1.Cc1ccc2c(Cl)cnc(Cl)c2c1. The third-order valence-electron chi connectivity index (χ3n) is 2.45. The molecule has 0 aliphatic heterocycles. The van der Waals surface area contributed by atoms with E-state index >= 15 is 0 Å². The van der Waals surface area contributed by atoms with E-state index in [9.17, 15) is 0 Å². The first-order valence-corrected chi connectivity index (χ1v) is 6.10. The summed E-state index contributed by atoms with van der Waals surface area (Å²) in [6, 6.07) is 5.95. The maximum absolute atomic E-state index is 5.96. The second-order valence-corrected chi connectivity index (χ2v) is 4.56. The van der Waals surface area contributed by atoms with E-state index in [0.717, 1.165) is 29.2 Å².